The lowest BCUT2D eigenvalue weighted by molar-refractivity contribution is -0.146. The second-order valence-corrected chi connectivity index (χ2v) is 7.85. The Morgan fingerprint density at radius 1 is 0.966 bits per heavy atom. The Kier molecular flexibility index (Phi) is 9.44. The Morgan fingerprint density at radius 2 is 1.59 bits per heavy atom. The highest BCUT2D eigenvalue weighted by molar-refractivity contribution is 5.83. The SMILES string of the molecule is CCOC(=O)[C@@H](NC(=O)OCc1ccccc1)[C@H](NC(=O)OC(C)(C)C)C(C)C. The normalized spacial score (nSPS) is 13.2. The molecule has 1 aromatic rings. The van der Waals surface area contributed by atoms with Crippen molar-refractivity contribution in [1.82, 2.24) is 10.6 Å². The molecule has 0 saturated heterocycles. The number of ether oxygens (including phenoxy) is 3. The third-order valence-corrected chi connectivity index (χ3v) is 3.79. The molecule has 0 saturated carbocycles. The van der Waals surface area contributed by atoms with Crippen LogP contribution in [0.25, 0.3) is 0 Å². The molecule has 0 aliphatic heterocycles. The topological polar surface area (TPSA) is 103 Å². The molecule has 1 rings (SSSR count). The number of carbonyl (C=O) groups excluding carboxylic acids is 3. The van der Waals surface area contributed by atoms with Crippen LogP contribution in [0.1, 0.15) is 47.1 Å². The molecule has 0 aliphatic rings. The lowest BCUT2D eigenvalue weighted by atomic mass is 9.96. The Bertz CT molecular complexity index is 669. The van der Waals surface area contributed by atoms with Gasteiger partial charge in [0.15, 0.2) is 6.04 Å². The summed E-state index contributed by atoms with van der Waals surface area (Å²) in [5, 5.41) is 5.17. The van der Waals surface area contributed by atoms with E-state index in [-0.39, 0.29) is 19.1 Å². The van der Waals surface area contributed by atoms with Gasteiger partial charge in [-0.1, -0.05) is 44.2 Å². The molecule has 1 aromatic carbocycles. The molecular formula is C21H32N2O6. The second kappa shape index (κ2) is 11.3. The van der Waals surface area contributed by atoms with E-state index in [1.54, 1.807) is 27.7 Å². The van der Waals surface area contributed by atoms with Gasteiger partial charge < -0.3 is 24.8 Å². The Morgan fingerprint density at radius 3 is 2.10 bits per heavy atom. The zero-order valence-electron chi connectivity index (χ0n) is 18.0. The van der Waals surface area contributed by atoms with Crippen molar-refractivity contribution in [3.05, 3.63) is 35.9 Å². The van der Waals surface area contributed by atoms with Gasteiger partial charge in [-0.3, -0.25) is 0 Å². The summed E-state index contributed by atoms with van der Waals surface area (Å²) in [5.74, 6) is -0.870. The summed E-state index contributed by atoms with van der Waals surface area (Å²) >= 11 is 0. The highest BCUT2D eigenvalue weighted by Crippen LogP contribution is 2.13. The molecule has 0 spiro atoms. The standard InChI is InChI=1S/C21H32N2O6/c1-7-27-18(24)17(16(14(2)3)22-20(26)29-21(4,5)6)23-19(25)28-13-15-11-9-8-10-12-15/h8-12,14,16-17H,7,13H2,1-6H3,(H,22,26)(H,23,25)/t16-,17+/m1/s1. The van der Waals surface area contributed by atoms with E-state index in [1.807, 2.05) is 44.2 Å². The Hall–Kier alpha value is -2.77. The summed E-state index contributed by atoms with van der Waals surface area (Å²) in [4.78, 5) is 37.0. The van der Waals surface area contributed by atoms with Crippen LogP contribution in [0.15, 0.2) is 30.3 Å². The highest BCUT2D eigenvalue weighted by atomic mass is 16.6. The van der Waals surface area contributed by atoms with Crippen molar-refractivity contribution < 1.29 is 28.6 Å². The molecule has 8 nitrogen and oxygen atoms in total. The van der Waals surface area contributed by atoms with Gasteiger partial charge in [-0.25, -0.2) is 14.4 Å². The molecule has 0 heterocycles. The molecule has 8 heteroatoms. The van der Waals surface area contributed by atoms with E-state index in [0.29, 0.717) is 0 Å². The maximum Gasteiger partial charge on any atom is 0.408 e. The van der Waals surface area contributed by atoms with Crippen molar-refractivity contribution in [3.63, 3.8) is 0 Å². The molecule has 162 valence electrons. The van der Waals surface area contributed by atoms with E-state index in [4.69, 9.17) is 14.2 Å². The van der Waals surface area contributed by atoms with Crippen LogP contribution in [0.5, 0.6) is 0 Å². The fourth-order valence-electron chi connectivity index (χ4n) is 2.50. The van der Waals surface area contributed by atoms with Gasteiger partial charge in [0.1, 0.15) is 12.2 Å². The zero-order chi connectivity index (χ0) is 22.0. The minimum absolute atomic E-state index is 0.0497. The number of alkyl carbamates (subject to hydrolysis) is 2. The molecular weight excluding hydrogens is 376 g/mol. The van der Waals surface area contributed by atoms with Crippen LogP contribution in [0.2, 0.25) is 0 Å². The fourth-order valence-corrected chi connectivity index (χ4v) is 2.50. The maximum absolute atomic E-state index is 12.5. The average molecular weight is 408 g/mol. The molecule has 0 unspecified atom stereocenters. The van der Waals surface area contributed by atoms with E-state index in [9.17, 15) is 14.4 Å². The van der Waals surface area contributed by atoms with Crippen LogP contribution in [-0.4, -0.2) is 42.4 Å². The van der Waals surface area contributed by atoms with Crippen LogP contribution in [0.3, 0.4) is 0 Å². The zero-order valence-corrected chi connectivity index (χ0v) is 18.0. The van der Waals surface area contributed by atoms with E-state index in [1.165, 1.54) is 0 Å². The van der Waals surface area contributed by atoms with Gasteiger partial charge in [0, 0.05) is 0 Å². The Balaban J connectivity index is 2.87. The van der Waals surface area contributed by atoms with Crippen LogP contribution in [-0.2, 0) is 25.6 Å². The van der Waals surface area contributed by atoms with Gasteiger partial charge in [-0.2, -0.15) is 0 Å². The van der Waals surface area contributed by atoms with E-state index in [0.717, 1.165) is 5.56 Å². The van der Waals surface area contributed by atoms with Crippen molar-refractivity contribution in [2.24, 2.45) is 5.92 Å². The van der Waals surface area contributed by atoms with Gasteiger partial charge in [-0.05, 0) is 39.2 Å². The molecule has 29 heavy (non-hydrogen) atoms. The van der Waals surface area contributed by atoms with E-state index < -0.39 is 35.8 Å². The van der Waals surface area contributed by atoms with Gasteiger partial charge in [0.2, 0.25) is 0 Å². The quantitative estimate of drug-likeness (QED) is 0.505. The molecule has 2 atom stereocenters. The largest absolute Gasteiger partial charge is 0.464 e. The molecule has 0 bridgehead atoms. The predicted octanol–water partition coefficient (Wildman–Crippen LogP) is 3.39. The van der Waals surface area contributed by atoms with Crippen LogP contribution >= 0.6 is 0 Å². The molecule has 2 N–H and O–H groups in total. The summed E-state index contributed by atoms with van der Waals surface area (Å²) in [7, 11) is 0. The van der Waals surface area contributed by atoms with Crippen LogP contribution in [0.4, 0.5) is 9.59 Å². The summed E-state index contributed by atoms with van der Waals surface area (Å²) in [6.07, 6.45) is -1.48. The smallest absolute Gasteiger partial charge is 0.408 e. The molecule has 0 radical (unpaired) electrons. The number of rotatable bonds is 8. The first-order valence-corrected chi connectivity index (χ1v) is 9.66. The number of carbonyl (C=O) groups is 3. The van der Waals surface area contributed by atoms with Gasteiger partial charge >= 0.3 is 18.2 Å². The second-order valence-electron chi connectivity index (χ2n) is 7.85. The first-order chi connectivity index (χ1) is 13.5. The van der Waals surface area contributed by atoms with Crippen LogP contribution in [0, 0.1) is 5.92 Å². The van der Waals surface area contributed by atoms with Crippen molar-refractivity contribution >= 4 is 18.2 Å². The van der Waals surface area contributed by atoms with Gasteiger partial charge in [-0.15, -0.1) is 0 Å². The maximum atomic E-state index is 12.5. The number of hydrogen-bond acceptors (Lipinski definition) is 6. The van der Waals surface area contributed by atoms with E-state index >= 15 is 0 Å². The summed E-state index contributed by atoms with van der Waals surface area (Å²) < 4.78 is 15.6. The number of esters is 1. The number of amides is 2. The summed E-state index contributed by atoms with van der Waals surface area (Å²) in [5.41, 5.74) is 0.107. The molecule has 2 amide bonds. The first kappa shape index (κ1) is 24.3. The monoisotopic (exact) mass is 408 g/mol. The third kappa shape index (κ3) is 9.32. The number of nitrogens with one attached hydrogen (secondary N) is 2. The van der Waals surface area contributed by atoms with Crippen molar-refractivity contribution in [3.8, 4) is 0 Å². The minimum atomic E-state index is -1.13. The third-order valence-electron chi connectivity index (χ3n) is 3.79. The molecule has 0 aromatic heterocycles. The minimum Gasteiger partial charge on any atom is -0.464 e. The summed E-state index contributed by atoms with van der Waals surface area (Å²) in [6.45, 7) is 10.7. The van der Waals surface area contributed by atoms with E-state index in [2.05, 4.69) is 10.6 Å². The van der Waals surface area contributed by atoms with Gasteiger partial charge in [0.25, 0.3) is 0 Å². The average Bonchev–Trinajstić information content (AvgIpc) is 2.62. The fraction of sp³-hybridized carbons (Fsp3) is 0.571. The van der Waals surface area contributed by atoms with Crippen molar-refractivity contribution in [1.29, 1.82) is 0 Å². The lowest BCUT2D eigenvalue weighted by Gasteiger charge is -2.30. The van der Waals surface area contributed by atoms with Gasteiger partial charge in [0.05, 0.1) is 12.6 Å². The lowest BCUT2D eigenvalue weighted by Crippen LogP contribution is -2.58. The number of hydrogen-bond donors (Lipinski definition) is 2. The predicted molar refractivity (Wildman–Crippen MR) is 108 cm³/mol. The van der Waals surface area contributed by atoms with Crippen LogP contribution < -0.4 is 10.6 Å². The molecule has 0 fully saturated rings. The molecule has 0 aliphatic carbocycles. The first-order valence-electron chi connectivity index (χ1n) is 9.66. The highest BCUT2D eigenvalue weighted by Gasteiger charge is 2.36. The van der Waals surface area contributed by atoms with Crippen molar-refractivity contribution in [2.45, 2.75) is 65.8 Å². The number of benzene rings is 1. The van der Waals surface area contributed by atoms with Crippen molar-refractivity contribution in [2.75, 3.05) is 6.61 Å². The Labute approximate surface area is 172 Å². The summed E-state index contributed by atoms with van der Waals surface area (Å²) in [6, 6.07) is 7.26.